The van der Waals surface area contributed by atoms with Crippen molar-refractivity contribution in [3.05, 3.63) is 58.4 Å². The third kappa shape index (κ3) is 4.59. The minimum atomic E-state index is -0.428. The van der Waals surface area contributed by atoms with E-state index in [0.29, 0.717) is 29.2 Å². The molecule has 0 aromatic heterocycles. The van der Waals surface area contributed by atoms with Crippen LogP contribution in [0.3, 0.4) is 0 Å². The van der Waals surface area contributed by atoms with E-state index in [1.54, 1.807) is 18.2 Å². The number of nitrogens with two attached hydrogens (primary N) is 1. The number of ether oxygens (including phenoxy) is 2. The third-order valence-corrected chi connectivity index (χ3v) is 3.62. The number of amides is 1. The van der Waals surface area contributed by atoms with Crippen LogP contribution in [0.1, 0.15) is 15.9 Å². The molecule has 5 nitrogen and oxygen atoms in total. The minimum absolute atomic E-state index is 0.167. The molecule has 0 aliphatic heterocycles. The number of rotatable bonds is 7. The molecule has 128 valence electrons. The maximum atomic E-state index is 13.0. The number of methoxy groups -OCH3 is 1. The lowest BCUT2D eigenvalue weighted by molar-refractivity contribution is 0.0947. The normalized spacial score (nSPS) is 10.3. The second kappa shape index (κ2) is 8.52. The Morgan fingerprint density at radius 3 is 2.75 bits per heavy atom. The Balaban J connectivity index is 2.13. The molecule has 0 saturated carbocycles. The number of hydrogen-bond acceptors (Lipinski definition) is 4. The first-order chi connectivity index (χ1) is 11.5. The van der Waals surface area contributed by atoms with Crippen molar-refractivity contribution in [3.8, 4) is 11.5 Å². The topological polar surface area (TPSA) is 73.6 Å². The molecule has 24 heavy (non-hydrogen) atoms. The highest BCUT2D eigenvalue weighted by Crippen LogP contribution is 2.25. The Labute approximate surface area is 144 Å². The van der Waals surface area contributed by atoms with Crippen LogP contribution in [-0.4, -0.2) is 26.2 Å². The van der Waals surface area contributed by atoms with Gasteiger partial charge in [-0.15, -0.1) is 0 Å². The fourth-order valence-electron chi connectivity index (χ4n) is 2.04. The van der Waals surface area contributed by atoms with Crippen molar-refractivity contribution < 1.29 is 18.7 Å². The van der Waals surface area contributed by atoms with Gasteiger partial charge >= 0.3 is 0 Å². The minimum Gasteiger partial charge on any atom is -0.497 e. The van der Waals surface area contributed by atoms with E-state index in [9.17, 15) is 9.18 Å². The molecule has 0 saturated heterocycles. The largest absolute Gasteiger partial charge is 0.497 e. The van der Waals surface area contributed by atoms with Crippen LogP contribution in [-0.2, 0) is 6.54 Å². The Bertz CT molecular complexity index is 725. The summed E-state index contributed by atoms with van der Waals surface area (Å²) in [7, 11) is 1.53. The quantitative estimate of drug-likeness (QED) is 0.803. The van der Waals surface area contributed by atoms with Gasteiger partial charge in [0.15, 0.2) is 0 Å². The van der Waals surface area contributed by atoms with E-state index in [1.807, 2.05) is 0 Å². The Morgan fingerprint density at radius 1 is 1.29 bits per heavy atom. The van der Waals surface area contributed by atoms with Gasteiger partial charge in [-0.2, -0.15) is 0 Å². The summed E-state index contributed by atoms with van der Waals surface area (Å²) >= 11 is 5.95. The van der Waals surface area contributed by atoms with Crippen LogP contribution < -0.4 is 20.5 Å². The third-order valence-electron chi connectivity index (χ3n) is 3.26. The highest BCUT2D eigenvalue weighted by molar-refractivity contribution is 6.31. The molecule has 0 spiro atoms. The van der Waals surface area contributed by atoms with Gasteiger partial charge in [0.05, 0.1) is 12.7 Å². The summed E-state index contributed by atoms with van der Waals surface area (Å²) in [4.78, 5) is 12.4. The molecule has 2 aromatic rings. The molecule has 0 heterocycles. The van der Waals surface area contributed by atoms with E-state index >= 15 is 0 Å². The number of nitrogens with one attached hydrogen (secondary N) is 1. The predicted molar refractivity (Wildman–Crippen MR) is 90.1 cm³/mol. The average Bonchev–Trinajstić information content (AvgIpc) is 2.58. The molecule has 0 fully saturated rings. The van der Waals surface area contributed by atoms with Crippen molar-refractivity contribution in [1.82, 2.24) is 5.32 Å². The van der Waals surface area contributed by atoms with E-state index in [-0.39, 0.29) is 24.1 Å². The fourth-order valence-corrected chi connectivity index (χ4v) is 2.28. The van der Waals surface area contributed by atoms with Gasteiger partial charge in [0.2, 0.25) is 0 Å². The lowest BCUT2D eigenvalue weighted by Gasteiger charge is -2.13. The van der Waals surface area contributed by atoms with Crippen molar-refractivity contribution in [1.29, 1.82) is 0 Å². The summed E-state index contributed by atoms with van der Waals surface area (Å²) in [5, 5.41) is 2.99. The summed E-state index contributed by atoms with van der Waals surface area (Å²) < 4.78 is 23.7. The molecule has 3 N–H and O–H groups in total. The highest BCUT2D eigenvalue weighted by Gasteiger charge is 2.14. The summed E-state index contributed by atoms with van der Waals surface area (Å²) in [5.74, 6) is 0.176. The maximum absolute atomic E-state index is 13.0. The van der Waals surface area contributed by atoms with Gasteiger partial charge in [-0.3, -0.25) is 4.79 Å². The number of benzene rings is 2. The smallest absolute Gasteiger partial charge is 0.255 e. The summed E-state index contributed by atoms with van der Waals surface area (Å²) in [6.45, 7) is 0.765. The van der Waals surface area contributed by atoms with Crippen molar-refractivity contribution in [3.63, 3.8) is 0 Å². The van der Waals surface area contributed by atoms with E-state index < -0.39 is 5.82 Å². The van der Waals surface area contributed by atoms with Crippen molar-refractivity contribution in [2.24, 2.45) is 5.73 Å². The van der Waals surface area contributed by atoms with Crippen LogP contribution in [0.5, 0.6) is 11.5 Å². The maximum Gasteiger partial charge on any atom is 0.255 e. The Kier molecular flexibility index (Phi) is 6.40. The molecule has 2 rings (SSSR count). The van der Waals surface area contributed by atoms with Crippen LogP contribution in [0.2, 0.25) is 5.02 Å². The lowest BCUT2D eigenvalue weighted by Crippen LogP contribution is -2.24. The van der Waals surface area contributed by atoms with Crippen LogP contribution in [0, 0.1) is 5.82 Å². The predicted octanol–water partition coefficient (Wildman–Crippen LogP) is 2.76. The van der Waals surface area contributed by atoms with Crippen LogP contribution in [0.4, 0.5) is 4.39 Å². The summed E-state index contributed by atoms with van der Waals surface area (Å²) in [6.07, 6.45) is 0. The number of carbonyl (C=O) groups is 1. The summed E-state index contributed by atoms with van der Waals surface area (Å²) in [6, 6.07) is 8.90. The Morgan fingerprint density at radius 2 is 2.08 bits per heavy atom. The molecule has 1 amide bonds. The van der Waals surface area contributed by atoms with E-state index in [1.165, 1.54) is 25.3 Å². The molecular weight excluding hydrogens is 335 g/mol. The van der Waals surface area contributed by atoms with Crippen LogP contribution in [0.25, 0.3) is 0 Å². The first-order valence-electron chi connectivity index (χ1n) is 7.28. The van der Waals surface area contributed by atoms with Crippen LogP contribution in [0.15, 0.2) is 36.4 Å². The van der Waals surface area contributed by atoms with Gasteiger partial charge in [0, 0.05) is 24.2 Å². The van der Waals surface area contributed by atoms with Gasteiger partial charge in [-0.05, 0) is 29.8 Å². The fraction of sp³-hybridized carbons (Fsp3) is 0.235. The zero-order valence-electron chi connectivity index (χ0n) is 13.1. The number of hydrogen-bond donors (Lipinski definition) is 2. The molecule has 0 unspecified atom stereocenters. The highest BCUT2D eigenvalue weighted by atomic mass is 35.5. The molecule has 0 radical (unpaired) electrons. The van der Waals surface area contributed by atoms with Crippen molar-refractivity contribution in [2.75, 3.05) is 20.3 Å². The molecule has 2 aromatic carbocycles. The molecule has 0 bridgehead atoms. The van der Waals surface area contributed by atoms with Gasteiger partial charge in [-0.1, -0.05) is 17.7 Å². The first kappa shape index (κ1) is 18.0. The second-order valence-corrected chi connectivity index (χ2v) is 5.32. The zero-order chi connectivity index (χ0) is 17.5. The van der Waals surface area contributed by atoms with Gasteiger partial charge in [-0.25, -0.2) is 4.39 Å². The second-order valence-electron chi connectivity index (χ2n) is 4.92. The van der Waals surface area contributed by atoms with Crippen LogP contribution >= 0.6 is 11.6 Å². The van der Waals surface area contributed by atoms with E-state index in [0.717, 1.165) is 0 Å². The van der Waals surface area contributed by atoms with Crippen molar-refractivity contribution in [2.45, 2.75) is 6.54 Å². The molecule has 0 atom stereocenters. The molecule has 0 aliphatic rings. The number of halogens is 2. The van der Waals surface area contributed by atoms with E-state index in [2.05, 4.69) is 5.32 Å². The Hall–Kier alpha value is -2.31. The van der Waals surface area contributed by atoms with Gasteiger partial charge in [0.1, 0.15) is 23.9 Å². The first-order valence-corrected chi connectivity index (χ1v) is 7.66. The molecule has 0 aliphatic carbocycles. The van der Waals surface area contributed by atoms with Gasteiger partial charge in [0.25, 0.3) is 5.91 Å². The SMILES string of the molecule is COc1ccc(C(=O)NCc2ccc(F)cc2Cl)c(OCCN)c1. The standard InChI is InChI=1S/C17H18ClFN2O3/c1-23-13-4-5-14(16(9-13)24-7-6-20)17(22)21-10-11-2-3-12(19)8-15(11)18/h2-5,8-9H,6-7,10,20H2,1H3,(H,21,22). The zero-order valence-corrected chi connectivity index (χ0v) is 13.9. The summed E-state index contributed by atoms with van der Waals surface area (Å²) in [5.41, 5.74) is 6.40. The van der Waals surface area contributed by atoms with Crippen molar-refractivity contribution >= 4 is 17.5 Å². The van der Waals surface area contributed by atoms with E-state index in [4.69, 9.17) is 26.8 Å². The lowest BCUT2D eigenvalue weighted by atomic mass is 10.1. The monoisotopic (exact) mass is 352 g/mol. The van der Waals surface area contributed by atoms with Gasteiger partial charge < -0.3 is 20.5 Å². The molecular formula is C17H18ClFN2O3. The number of carbonyl (C=O) groups excluding carboxylic acids is 1. The average molecular weight is 353 g/mol. The molecule has 7 heteroatoms.